The third-order valence-electron chi connectivity index (χ3n) is 3.95. The maximum atomic E-state index is 4.69. The minimum atomic E-state index is 0.558. The van der Waals surface area contributed by atoms with E-state index >= 15 is 0 Å². The van der Waals surface area contributed by atoms with Crippen molar-refractivity contribution in [2.45, 2.75) is 71.4 Å². The summed E-state index contributed by atoms with van der Waals surface area (Å²) in [5.74, 6) is 0.558. The third-order valence-corrected chi connectivity index (χ3v) is 3.95. The molecule has 1 saturated carbocycles. The molecule has 0 amide bonds. The Balaban J connectivity index is 2.20. The molecule has 1 N–H and O–H groups in total. The Morgan fingerprint density at radius 2 is 2.06 bits per heavy atom. The van der Waals surface area contributed by atoms with E-state index in [0.29, 0.717) is 12.0 Å². The molecule has 0 saturated heterocycles. The Morgan fingerprint density at radius 3 is 2.67 bits per heavy atom. The van der Waals surface area contributed by atoms with Crippen molar-refractivity contribution in [3.05, 3.63) is 17.5 Å². The van der Waals surface area contributed by atoms with Gasteiger partial charge in [0, 0.05) is 17.8 Å². The highest BCUT2D eigenvalue weighted by atomic mass is 15.3. The zero-order chi connectivity index (χ0) is 13.0. The molecule has 0 bridgehead atoms. The molecule has 0 spiro atoms. The number of hydrogen-bond acceptors (Lipinski definition) is 2. The summed E-state index contributed by atoms with van der Waals surface area (Å²) in [6.07, 6.45) is 8.82. The maximum Gasteiger partial charge on any atom is 0.0537 e. The lowest BCUT2D eigenvalue weighted by atomic mass is 9.94. The second-order valence-electron chi connectivity index (χ2n) is 5.73. The molecular weight excluding hydrogens is 222 g/mol. The van der Waals surface area contributed by atoms with Crippen LogP contribution in [0.25, 0.3) is 0 Å². The molecule has 1 aliphatic rings. The van der Waals surface area contributed by atoms with Gasteiger partial charge in [0.2, 0.25) is 0 Å². The van der Waals surface area contributed by atoms with Crippen LogP contribution in [0.3, 0.4) is 0 Å². The lowest BCUT2D eigenvalue weighted by Crippen LogP contribution is -2.19. The van der Waals surface area contributed by atoms with Gasteiger partial charge in [-0.15, -0.1) is 0 Å². The molecule has 102 valence electrons. The Kier molecular flexibility index (Phi) is 4.81. The topological polar surface area (TPSA) is 29.9 Å². The molecule has 1 aromatic rings. The van der Waals surface area contributed by atoms with Crippen LogP contribution < -0.4 is 5.32 Å². The lowest BCUT2D eigenvalue weighted by molar-refractivity contribution is 0.319. The molecule has 18 heavy (non-hydrogen) atoms. The summed E-state index contributed by atoms with van der Waals surface area (Å²) in [5, 5.41) is 8.11. The minimum Gasteiger partial charge on any atom is -0.313 e. The molecule has 0 atom stereocenters. The molecule has 1 aliphatic carbocycles. The molecule has 0 radical (unpaired) electrons. The van der Waals surface area contributed by atoms with E-state index in [2.05, 4.69) is 37.0 Å². The van der Waals surface area contributed by atoms with Crippen LogP contribution in [-0.4, -0.2) is 16.3 Å². The Hall–Kier alpha value is -0.830. The van der Waals surface area contributed by atoms with E-state index in [1.807, 2.05) is 0 Å². The van der Waals surface area contributed by atoms with Crippen molar-refractivity contribution in [3.63, 3.8) is 0 Å². The van der Waals surface area contributed by atoms with Crippen molar-refractivity contribution in [1.82, 2.24) is 15.1 Å². The van der Waals surface area contributed by atoms with Gasteiger partial charge in [-0.1, -0.05) is 40.0 Å². The van der Waals surface area contributed by atoms with Crippen molar-refractivity contribution in [2.75, 3.05) is 6.54 Å². The zero-order valence-electron chi connectivity index (χ0n) is 12.1. The SMILES string of the molecule is CCNCc1cnn(C2CCCCC2)c1C(C)C. The quantitative estimate of drug-likeness (QED) is 0.863. The van der Waals surface area contributed by atoms with E-state index in [1.54, 1.807) is 0 Å². The highest BCUT2D eigenvalue weighted by Gasteiger charge is 2.22. The normalized spacial score (nSPS) is 17.6. The summed E-state index contributed by atoms with van der Waals surface area (Å²) in [6.45, 7) is 8.70. The molecule has 0 aliphatic heterocycles. The van der Waals surface area contributed by atoms with Gasteiger partial charge in [-0.3, -0.25) is 4.68 Å². The molecular formula is C15H27N3. The van der Waals surface area contributed by atoms with Crippen LogP contribution in [0.1, 0.15) is 76.1 Å². The fourth-order valence-electron chi connectivity index (χ4n) is 3.06. The first-order chi connectivity index (χ1) is 8.74. The van der Waals surface area contributed by atoms with Crippen LogP contribution in [0.4, 0.5) is 0 Å². The first kappa shape index (κ1) is 13.6. The summed E-state index contributed by atoms with van der Waals surface area (Å²) >= 11 is 0. The van der Waals surface area contributed by atoms with Crippen molar-refractivity contribution in [3.8, 4) is 0 Å². The van der Waals surface area contributed by atoms with Gasteiger partial charge < -0.3 is 5.32 Å². The number of aromatic nitrogens is 2. The van der Waals surface area contributed by atoms with Crippen LogP contribution in [0.5, 0.6) is 0 Å². The Bertz CT molecular complexity index is 362. The van der Waals surface area contributed by atoms with Crippen LogP contribution >= 0.6 is 0 Å². The van der Waals surface area contributed by atoms with Crippen LogP contribution in [0.15, 0.2) is 6.20 Å². The fraction of sp³-hybridized carbons (Fsp3) is 0.800. The second-order valence-corrected chi connectivity index (χ2v) is 5.73. The van der Waals surface area contributed by atoms with Crippen molar-refractivity contribution < 1.29 is 0 Å². The summed E-state index contributed by atoms with van der Waals surface area (Å²) in [7, 11) is 0. The summed E-state index contributed by atoms with van der Waals surface area (Å²) in [5.41, 5.74) is 2.83. The minimum absolute atomic E-state index is 0.558. The fourth-order valence-corrected chi connectivity index (χ4v) is 3.06. The van der Waals surface area contributed by atoms with E-state index in [9.17, 15) is 0 Å². The van der Waals surface area contributed by atoms with E-state index in [1.165, 1.54) is 43.4 Å². The van der Waals surface area contributed by atoms with Gasteiger partial charge in [0.25, 0.3) is 0 Å². The molecule has 0 aromatic carbocycles. The Labute approximate surface area is 111 Å². The summed E-state index contributed by atoms with van der Waals surface area (Å²) in [4.78, 5) is 0. The molecule has 0 unspecified atom stereocenters. The van der Waals surface area contributed by atoms with Crippen molar-refractivity contribution in [2.24, 2.45) is 0 Å². The van der Waals surface area contributed by atoms with Gasteiger partial charge in [0.1, 0.15) is 0 Å². The van der Waals surface area contributed by atoms with E-state index in [4.69, 9.17) is 5.10 Å². The predicted molar refractivity (Wildman–Crippen MR) is 75.8 cm³/mol. The second kappa shape index (κ2) is 6.37. The molecule has 1 fully saturated rings. The zero-order valence-corrected chi connectivity index (χ0v) is 12.1. The van der Waals surface area contributed by atoms with Crippen molar-refractivity contribution in [1.29, 1.82) is 0 Å². The van der Waals surface area contributed by atoms with Gasteiger partial charge in [-0.25, -0.2) is 0 Å². The number of nitrogens with one attached hydrogen (secondary N) is 1. The van der Waals surface area contributed by atoms with E-state index < -0.39 is 0 Å². The highest BCUT2D eigenvalue weighted by Crippen LogP contribution is 2.31. The molecule has 3 nitrogen and oxygen atoms in total. The predicted octanol–water partition coefficient (Wildman–Crippen LogP) is 3.62. The standard InChI is InChI=1S/C15H27N3/c1-4-16-10-13-11-17-18(15(13)12(2)3)14-8-6-5-7-9-14/h11-12,14,16H,4-10H2,1-3H3. The monoisotopic (exact) mass is 249 g/mol. The highest BCUT2D eigenvalue weighted by molar-refractivity contribution is 5.21. The lowest BCUT2D eigenvalue weighted by Gasteiger charge is -2.25. The molecule has 1 aromatic heterocycles. The first-order valence-corrected chi connectivity index (χ1v) is 7.51. The number of rotatable bonds is 5. The Morgan fingerprint density at radius 1 is 1.33 bits per heavy atom. The van der Waals surface area contributed by atoms with Gasteiger partial charge in [-0.05, 0) is 25.3 Å². The van der Waals surface area contributed by atoms with Crippen LogP contribution in [0.2, 0.25) is 0 Å². The largest absolute Gasteiger partial charge is 0.313 e. The molecule has 3 heteroatoms. The van der Waals surface area contributed by atoms with E-state index in [-0.39, 0.29) is 0 Å². The van der Waals surface area contributed by atoms with Crippen molar-refractivity contribution >= 4 is 0 Å². The summed E-state index contributed by atoms with van der Waals surface area (Å²) < 4.78 is 2.33. The van der Waals surface area contributed by atoms with Gasteiger partial charge in [0.15, 0.2) is 0 Å². The number of nitrogens with zero attached hydrogens (tertiary/aromatic N) is 2. The maximum absolute atomic E-state index is 4.69. The van der Waals surface area contributed by atoms with Crippen LogP contribution in [0, 0.1) is 0 Å². The smallest absolute Gasteiger partial charge is 0.0537 e. The van der Waals surface area contributed by atoms with Gasteiger partial charge in [0.05, 0.1) is 12.2 Å². The molecule has 1 heterocycles. The third kappa shape index (κ3) is 2.94. The van der Waals surface area contributed by atoms with Crippen LogP contribution in [-0.2, 0) is 6.54 Å². The van der Waals surface area contributed by atoms with E-state index in [0.717, 1.165) is 13.1 Å². The summed E-state index contributed by atoms with van der Waals surface area (Å²) in [6, 6.07) is 0.645. The molecule has 2 rings (SSSR count). The van der Waals surface area contributed by atoms with Gasteiger partial charge in [-0.2, -0.15) is 5.10 Å². The number of hydrogen-bond donors (Lipinski definition) is 1. The van der Waals surface area contributed by atoms with Gasteiger partial charge >= 0.3 is 0 Å². The first-order valence-electron chi connectivity index (χ1n) is 7.51. The average Bonchev–Trinajstić information content (AvgIpc) is 2.81. The average molecular weight is 249 g/mol.